The summed E-state index contributed by atoms with van der Waals surface area (Å²) >= 11 is 0. The molecule has 0 aromatic heterocycles. The molecule has 0 saturated carbocycles. The minimum absolute atomic E-state index is 0.0734. The van der Waals surface area contributed by atoms with E-state index in [4.69, 9.17) is 4.84 Å². The van der Waals surface area contributed by atoms with E-state index < -0.39 is 6.36 Å². The molecule has 0 heterocycles. The first-order chi connectivity index (χ1) is 10.0. The smallest absolute Gasteiger partial charge is 0.405 e. The minimum atomic E-state index is -4.72. The van der Waals surface area contributed by atoms with Gasteiger partial charge in [-0.3, -0.25) is 0 Å². The lowest BCUT2D eigenvalue weighted by molar-refractivity contribution is -0.275. The van der Waals surface area contributed by atoms with Gasteiger partial charge in [0.2, 0.25) is 0 Å². The monoisotopic (exact) mass is 299 g/mol. The summed E-state index contributed by atoms with van der Waals surface area (Å²) in [5.41, 5.74) is 1.39. The highest BCUT2D eigenvalue weighted by molar-refractivity contribution is 5.78. The number of alkyl halides is 3. The van der Waals surface area contributed by atoms with E-state index in [1.54, 1.807) is 12.3 Å². The van der Waals surface area contributed by atoms with Crippen LogP contribution < -0.4 is 4.74 Å². The van der Waals surface area contributed by atoms with Gasteiger partial charge in [-0.25, -0.2) is 0 Å². The van der Waals surface area contributed by atoms with Crippen molar-refractivity contribution in [2.75, 3.05) is 0 Å². The van der Waals surface area contributed by atoms with Crippen LogP contribution in [-0.2, 0) is 11.4 Å². The Morgan fingerprint density at radius 1 is 1.19 bits per heavy atom. The van der Waals surface area contributed by atoms with Gasteiger partial charge in [-0.2, -0.15) is 0 Å². The molecule has 3 nitrogen and oxygen atoms in total. The third kappa shape index (κ3) is 5.49. The molecule has 1 aliphatic carbocycles. The zero-order chi connectivity index (χ0) is 15.1. The Morgan fingerprint density at radius 3 is 2.71 bits per heavy atom. The molecule has 1 aliphatic rings. The van der Waals surface area contributed by atoms with Gasteiger partial charge in [0.25, 0.3) is 0 Å². The predicted molar refractivity (Wildman–Crippen MR) is 73.0 cm³/mol. The molecule has 0 saturated heterocycles. The third-order valence-corrected chi connectivity index (χ3v) is 3.04. The first kappa shape index (κ1) is 15.4. The number of halogens is 3. The number of allylic oxidation sites excluding steroid dienone is 2. The molecular formula is C15H16F3NO2. The van der Waals surface area contributed by atoms with E-state index in [9.17, 15) is 13.2 Å². The Balaban J connectivity index is 1.91. The average molecular weight is 299 g/mol. The fourth-order valence-electron chi connectivity index (χ4n) is 2.04. The lowest BCUT2D eigenvalue weighted by atomic mass is 10.0. The highest BCUT2D eigenvalue weighted by Crippen LogP contribution is 2.26. The summed E-state index contributed by atoms with van der Waals surface area (Å²) in [5.74, 6) is -0.267. The standard InChI is InChI=1S/C15H16F3NO2/c16-15(17,18)21-14-9-5-4-8-13(14)11-20-19-10-12-6-2-1-3-7-12/h4-6,8-10H,1-3,7,11H2. The number of oxime groups is 1. The normalized spacial score (nSPS) is 15.9. The molecule has 1 aromatic carbocycles. The van der Waals surface area contributed by atoms with Crippen molar-refractivity contribution >= 4 is 6.21 Å². The molecule has 2 rings (SSSR count). The fourth-order valence-corrected chi connectivity index (χ4v) is 2.04. The van der Waals surface area contributed by atoms with Gasteiger partial charge in [0.15, 0.2) is 0 Å². The van der Waals surface area contributed by atoms with Crippen molar-refractivity contribution in [2.45, 2.75) is 38.7 Å². The number of rotatable bonds is 5. The Labute approximate surface area is 121 Å². The maximum absolute atomic E-state index is 12.3. The summed E-state index contributed by atoms with van der Waals surface area (Å²) in [5, 5.41) is 3.80. The Hall–Kier alpha value is -1.98. The molecule has 1 aromatic rings. The van der Waals surface area contributed by atoms with Crippen LogP contribution >= 0.6 is 0 Å². The minimum Gasteiger partial charge on any atom is -0.405 e. The molecule has 0 N–H and O–H groups in total. The number of benzene rings is 1. The second-order valence-electron chi connectivity index (χ2n) is 4.69. The lowest BCUT2D eigenvalue weighted by Gasteiger charge is -2.12. The van der Waals surface area contributed by atoms with Crippen molar-refractivity contribution < 1.29 is 22.7 Å². The highest BCUT2D eigenvalue weighted by atomic mass is 19.4. The second-order valence-corrected chi connectivity index (χ2v) is 4.69. The van der Waals surface area contributed by atoms with Crippen LogP contribution in [0.5, 0.6) is 5.75 Å². The number of nitrogens with zero attached hydrogens (tertiary/aromatic N) is 1. The van der Waals surface area contributed by atoms with Crippen LogP contribution in [0.3, 0.4) is 0 Å². The van der Waals surface area contributed by atoms with E-state index >= 15 is 0 Å². The first-order valence-corrected chi connectivity index (χ1v) is 6.72. The van der Waals surface area contributed by atoms with Crippen molar-refractivity contribution in [3.8, 4) is 5.75 Å². The van der Waals surface area contributed by atoms with Gasteiger partial charge in [0.1, 0.15) is 12.4 Å². The van der Waals surface area contributed by atoms with E-state index in [1.165, 1.54) is 24.6 Å². The summed E-state index contributed by atoms with van der Waals surface area (Å²) in [6.07, 6.45) is 3.29. The van der Waals surface area contributed by atoms with E-state index in [2.05, 4.69) is 16.0 Å². The molecule has 114 valence electrons. The van der Waals surface area contributed by atoms with Crippen LogP contribution in [0.1, 0.15) is 31.2 Å². The Kier molecular flexibility index (Phi) is 5.25. The molecular weight excluding hydrogens is 283 g/mol. The molecule has 0 radical (unpaired) electrons. The fraction of sp³-hybridized carbons (Fsp3) is 0.400. The molecule has 0 amide bonds. The zero-order valence-electron chi connectivity index (χ0n) is 11.4. The largest absolute Gasteiger partial charge is 0.573 e. The summed E-state index contributed by atoms with van der Waals surface area (Å²) in [6, 6.07) is 5.85. The SMILES string of the molecule is FC(F)(F)Oc1ccccc1CON=CC1=CCCCC1. The number of hydrogen-bond donors (Lipinski definition) is 0. The van der Waals surface area contributed by atoms with E-state index in [1.807, 2.05) is 0 Å². The third-order valence-electron chi connectivity index (χ3n) is 3.04. The summed E-state index contributed by atoms with van der Waals surface area (Å²) in [4.78, 5) is 5.06. The maximum Gasteiger partial charge on any atom is 0.573 e. The van der Waals surface area contributed by atoms with Crippen molar-refractivity contribution in [1.29, 1.82) is 0 Å². The summed E-state index contributed by atoms with van der Waals surface area (Å²) in [6.45, 7) is -0.0734. The van der Waals surface area contributed by atoms with E-state index in [-0.39, 0.29) is 12.4 Å². The first-order valence-electron chi connectivity index (χ1n) is 6.72. The molecule has 0 fully saturated rings. The predicted octanol–water partition coefficient (Wildman–Crippen LogP) is 4.59. The number of hydrogen-bond acceptors (Lipinski definition) is 3. The molecule has 6 heteroatoms. The number of ether oxygens (including phenoxy) is 1. The van der Waals surface area contributed by atoms with E-state index in [0.717, 1.165) is 24.8 Å². The molecule has 0 spiro atoms. The van der Waals surface area contributed by atoms with Gasteiger partial charge < -0.3 is 9.57 Å². The van der Waals surface area contributed by atoms with Gasteiger partial charge >= 0.3 is 6.36 Å². The average Bonchev–Trinajstić information content (AvgIpc) is 2.45. The van der Waals surface area contributed by atoms with Crippen molar-refractivity contribution in [1.82, 2.24) is 0 Å². The maximum atomic E-state index is 12.3. The van der Waals surface area contributed by atoms with Crippen molar-refractivity contribution in [3.05, 3.63) is 41.5 Å². The molecule has 0 bridgehead atoms. The van der Waals surface area contributed by atoms with Crippen molar-refractivity contribution in [2.24, 2.45) is 5.16 Å². The lowest BCUT2D eigenvalue weighted by Crippen LogP contribution is -2.18. The van der Waals surface area contributed by atoms with Crippen LogP contribution in [0.15, 0.2) is 41.1 Å². The van der Waals surface area contributed by atoms with E-state index in [0.29, 0.717) is 5.56 Å². The van der Waals surface area contributed by atoms with Crippen LogP contribution in [0.2, 0.25) is 0 Å². The zero-order valence-corrected chi connectivity index (χ0v) is 11.4. The summed E-state index contributed by atoms with van der Waals surface area (Å²) in [7, 11) is 0. The second kappa shape index (κ2) is 7.15. The molecule has 0 aliphatic heterocycles. The van der Waals surface area contributed by atoms with Gasteiger partial charge in [0.05, 0.1) is 6.21 Å². The topological polar surface area (TPSA) is 30.8 Å². The van der Waals surface area contributed by atoms with Crippen LogP contribution in [-0.4, -0.2) is 12.6 Å². The van der Waals surface area contributed by atoms with Crippen LogP contribution in [0.4, 0.5) is 13.2 Å². The van der Waals surface area contributed by atoms with Gasteiger partial charge in [-0.15, -0.1) is 13.2 Å². The van der Waals surface area contributed by atoms with Crippen LogP contribution in [0.25, 0.3) is 0 Å². The molecule has 0 unspecified atom stereocenters. The van der Waals surface area contributed by atoms with Crippen molar-refractivity contribution in [3.63, 3.8) is 0 Å². The van der Waals surface area contributed by atoms with Crippen LogP contribution in [0, 0.1) is 0 Å². The Bertz CT molecular complexity index is 524. The highest BCUT2D eigenvalue weighted by Gasteiger charge is 2.32. The number of para-hydroxylation sites is 1. The van der Waals surface area contributed by atoms with Gasteiger partial charge in [-0.1, -0.05) is 29.4 Å². The Morgan fingerprint density at radius 2 is 2.00 bits per heavy atom. The molecule has 0 atom stereocenters. The van der Waals surface area contributed by atoms with Gasteiger partial charge in [-0.05, 0) is 37.3 Å². The summed E-state index contributed by atoms with van der Waals surface area (Å²) < 4.78 is 40.7. The quantitative estimate of drug-likeness (QED) is 0.588. The van der Waals surface area contributed by atoms with Gasteiger partial charge in [0, 0.05) is 5.56 Å². The molecule has 21 heavy (non-hydrogen) atoms.